The second kappa shape index (κ2) is 10.9. The van der Waals surface area contributed by atoms with Gasteiger partial charge in [-0.1, -0.05) is 61.4 Å². The number of amides is 1. The molecule has 0 saturated carbocycles. The van der Waals surface area contributed by atoms with E-state index in [4.69, 9.17) is 0 Å². The van der Waals surface area contributed by atoms with Gasteiger partial charge in [-0.2, -0.15) is 11.8 Å². The highest BCUT2D eigenvalue weighted by Gasteiger charge is 2.01. The highest BCUT2D eigenvalue weighted by atomic mass is 32.2. The molecule has 0 aliphatic heterocycles. The quantitative estimate of drug-likeness (QED) is 0.583. The molecule has 3 heteroatoms. The minimum Gasteiger partial charge on any atom is -0.326 e. The van der Waals surface area contributed by atoms with Crippen molar-refractivity contribution in [3.63, 3.8) is 0 Å². The maximum absolute atomic E-state index is 11.8. The van der Waals surface area contributed by atoms with E-state index in [1.165, 1.54) is 24.2 Å². The number of thioether (sulfide) groups is 1. The summed E-state index contributed by atoms with van der Waals surface area (Å²) in [5, 5.41) is 2.93. The molecular weight excluding hydrogens is 302 g/mol. The lowest BCUT2D eigenvalue weighted by molar-refractivity contribution is -0.116. The lowest BCUT2D eigenvalue weighted by atomic mass is 10.1. The number of hydrogen-bond donors (Lipinski definition) is 1. The number of anilines is 1. The molecule has 0 unspecified atom stereocenters. The van der Waals surface area contributed by atoms with Crippen molar-refractivity contribution in [1.29, 1.82) is 0 Å². The van der Waals surface area contributed by atoms with Crippen LogP contribution in [0.4, 0.5) is 5.69 Å². The predicted octanol–water partition coefficient (Wildman–Crippen LogP) is 5.51. The van der Waals surface area contributed by atoms with Gasteiger partial charge in [0.15, 0.2) is 0 Å². The fraction of sp³-hybridized carbons (Fsp3) is 0.350. The van der Waals surface area contributed by atoms with Gasteiger partial charge < -0.3 is 5.32 Å². The maximum Gasteiger partial charge on any atom is 0.224 e. The summed E-state index contributed by atoms with van der Waals surface area (Å²) in [5.41, 5.74) is 2.28. The van der Waals surface area contributed by atoms with Crippen LogP contribution in [0.2, 0.25) is 0 Å². The first-order chi connectivity index (χ1) is 11.3. The predicted molar refractivity (Wildman–Crippen MR) is 101 cm³/mol. The van der Waals surface area contributed by atoms with Crippen LogP contribution in [0.5, 0.6) is 0 Å². The molecule has 0 radical (unpaired) electrons. The van der Waals surface area contributed by atoms with E-state index in [2.05, 4.69) is 35.6 Å². The van der Waals surface area contributed by atoms with Gasteiger partial charge in [0.2, 0.25) is 5.91 Å². The first-order valence-electron chi connectivity index (χ1n) is 8.31. The second-order valence-corrected chi connectivity index (χ2v) is 6.72. The first-order valence-corrected chi connectivity index (χ1v) is 9.46. The summed E-state index contributed by atoms with van der Waals surface area (Å²) in [6.45, 7) is 0. The molecule has 0 atom stereocenters. The van der Waals surface area contributed by atoms with Crippen molar-refractivity contribution in [2.24, 2.45) is 0 Å². The van der Waals surface area contributed by atoms with E-state index in [1.807, 2.05) is 42.1 Å². The van der Waals surface area contributed by atoms with Crippen molar-refractivity contribution >= 4 is 23.4 Å². The molecule has 2 aromatic carbocycles. The van der Waals surface area contributed by atoms with E-state index in [1.54, 1.807) is 0 Å². The van der Waals surface area contributed by atoms with Gasteiger partial charge in [-0.05, 0) is 36.3 Å². The Hall–Kier alpha value is -1.74. The Morgan fingerprint density at radius 3 is 2.22 bits per heavy atom. The van der Waals surface area contributed by atoms with Crippen molar-refractivity contribution < 1.29 is 4.79 Å². The SMILES string of the molecule is O=C(CCCCCCSCc1ccccc1)Nc1ccccc1. The summed E-state index contributed by atoms with van der Waals surface area (Å²) in [7, 11) is 0. The van der Waals surface area contributed by atoms with Crippen LogP contribution in [-0.2, 0) is 10.5 Å². The molecular formula is C20H25NOS. The van der Waals surface area contributed by atoms with E-state index in [0.29, 0.717) is 6.42 Å². The normalized spacial score (nSPS) is 10.4. The van der Waals surface area contributed by atoms with Crippen LogP contribution in [0, 0.1) is 0 Å². The number of para-hydroxylation sites is 1. The Bertz CT molecular complexity index is 556. The summed E-state index contributed by atoms with van der Waals surface area (Å²) in [6.07, 6.45) is 5.17. The zero-order valence-corrected chi connectivity index (χ0v) is 14.4. The highest BCUT2D eigenvalue weighted by Crippen LogP contribution is 2.15. The standard InChI is InChI=1S/C20H25NOS/c22-20(21-19-13-7-4-8-14-19)15-9-1-2-10-16-23-17-18-11-5-3-6-12-18/h3-8,11-14H,1-2,9-10,15-17H2,(H,21,22). The van der Waals surface area contributed by atoms with Gasteiger partial charge in [0.05, 0.1) is 0 Å². The van der Waals surface area contributed by atoms with Gasteiger partial charge in [-0.3, -0.25) is 4.79 Å². The van der Waals surface area contributed by atoms with Crippen molar-refractivity contribution in [3.05, 3.63) is 66.2 Å². The van der Waals surface area contributed by atoms with E-state index in [9.17, 15) is 4.79 Å². The third kappa shape index (κ3) is 7.89. The summed E-state index contributed by atoms with van der Waals surface area (Å²) < 4.78 is 0. The lowest BCUT2D eigenvalue weighted by Gasteiger charge is -2.05. The fourth-order valence-corrected chi connectivity index (χ4v) is 3.33. The molecule has 122 valence electrons. The lowest BCUT2D eigenvalue weighted by Crippen LogP contribution is -2.10. The summed E-state index contributed by atoms with van der Waals surface area (Å²) in [5.74, 6) is 2.42. The Morgan fingerprint density at radius 1 is 0.826 bits per heavy atom. The molecule has 2 rings (SSSR count). The Kier molecular flexibility index (Phi) is 8.35. The molecule has 1 amide bonds. The molecule has 23 heavy (non-hydrogen) atoms. The number of carbonyl (C=O) groups excluding carboxylic acids is 1. The van der Waals surface area contributed by atoms with Gasteiger partial charge in [-0.15, -0.1) is 0 Å². The monoisotopic (exact) mass is 327 g/mol. The van der Waals surface area contributed by atoms with Crippen LogP contribution in [-0.4, -0.2) is 11.7 Å². The molecule has 2 aromatic rings. The molecule has 0 aliphatic rings. The van der Waals surface area contributed by atoms with Gasteiger partial charge in [0.1, 0.15) is 0 Å². The highest BCUT2D eigenvalue weighted by molar-refractivity contribution is 7.98. The average Bonchev–Trinajstić information content (AvgIpc) is 2.59. The molecule has 0 saturated heterocycles. The Labute approximate surface area is 143 Å². The smallest absolute Gasteiger partial charge is 0.224 e. The van der Waals surface area contributed by atoms with E-state index < -0.39 is 0 Å². The minimum absolute atomic E-state index is 0.120. The van der Waals surface area contributed by atoms with Crippen LogP contribution < -0.4 is 5.32 Å². The van der Waals surface area contributed by atoms with Crippen LogP contribution in [0.15, 0.2) is 60.7 Å². The largest absolute Gasteiger partial charge is 0.326 e. The minimum atomic E-state index is 0.120. The summed E-state index contributed by atoms with van der Waals surface area (Å²) in [6, 6.07) is 20.3. The topological polar surface area (TPSA) is 29.1 Å². The number of hydrogen-bond acceptors (Lipinski definition) is 2. The Morgan fingerprint density at radius 2 is 1.48 bits per heavy atom. The zero-order chi connectivity index (χ0) is 16.2. The second-order valence-electron chi connectivity index (χ2n) is 5.62. The number of carbonyl (C=O) groups is 1. The molecule has 0 aromatic heterocycles. The van der Waals surface area contributed by atoms with Crippen molar-refractivity contribution in [2.75, 3.05) is 11.1 Å². The van der Waals surface area contributed by atoms with E-state index in [0.717, 1.165) is 24.3 Å². The third-order valence-corrected chi connectivity index (χ3v) is 4.73. The van der Waals surface area contributed by atoms with Crippen molar-refractivity contribution in [1.82, 2.24) is 0 Å². The van der Waals surface area contributed by atoms with Crippen LogP contribution in [0.3, 0.4) is 0 Å². The maximum atomic E-state index is 11.8. The zero-order valence-electron chi connectivity index (χ0n) is 13.5. The van der Waals surface area contributed by atoms with Crippen LogP contribution >= 0.6 is 11.8 Å². The molecule has 2 nitrogen and oxygen atoms in total. The van der Waals surface area contributed by atoms with Crippen molar-refractivity contribution in [2.45, 2.75) is 37.9 Å². The summed E-state index contributed by atoms with van der Waals surface area (Å²) >= 11 is 1.99. The van der Waals surface area contributed by atoms with Crippen LogP contribution in [0.1, 0.15) is 37.7 Å². The van der Waals surface area contributed by atoms with E-state index in [-0.39, 0.29) is 5.91 Å². The molecule has 0 bridgehead atoms. The van der Waals surface area contributed by atoms with Gasteiger partial charge in [-0.25, -0.2) is 0 Å². The number of unbranched alkanes of at least 4 members (excludes halogenated alkanes) is 3. The Balaban J connectivity index is 1.44. The average molecular weight is 327 g/mol. The van der Waals surface area contributed by atoms with Crippen molar-refractivity contribution in [3.8, 4) is 0 Å². The molecule has 0 heterocycles. The van der Waals surface area contributed by atoms with Gasteiger partial charge in [0, 0.05) is 17.9 Å². The molecule has 1 N–H and O–H groups in total. The fourth-order valence-electron chi connectivity index (χ4n) is 2.35. The third-order valence-electron chi connectivity index (χ3n) is 3.61. The summed E-state index contributed by atoms with van der Waals surface area (Å²) in [4.78, 5) is 11.8. The molecule has 0 fully saturated rings. The first kappa shape index (κ1) is 17.6. The van der Waals surface area contributed by atoms with Gasteiger partial charge in [0.25, 0.3) is 0 Å². The number of benzene rings is 2. The van der Waals surface area contributed by atoms with Crippen LogP contribution in [0.25, 0.3) is 0 Å². The number of rotatable bonds is 10. The number of nitrogens with one attached hydrogen (secondary N) is 1. The molecule has 0 spiro atoms. The van der Waals surface area contributed by atoms with Gasteiger partial charge >= 0.3 is 0 Å². The molecule has 0 aliphatic carbocycles. The van der Waals surface area contributed by atoms with E-state index >= 15 is 0 Å².